The lowest BCUT2D eigenvalue weighted by Crippen LogP contribution is -2.17. The summed E-state index contributed by atoms with van der Waals surface area (Å²) in [5, 5.41) is 8.85. The topological polar surface area (TPSA) is 37.3 Å². The van der Waals surface area contributed by atoms with Gasteiger partial charge in [0.05, 0.1) is 5.56 Å². The highest BCUT2D eigenvalue weighted by atomic mass is 19.1. The summed E-state index contributed by atoms with van der Waals surface area (Å²) in [5.74, 6) is -2.35. The molecule has 13 heavy (non-hydrogen) atoms. The minimum absolute atomic E-state index is 0.421. The molecule has 1 atom stereocenters. The van der Waals surface area contributed by atoms with Crippen LogP contribution in [-0.4, -0.2) is 17.0 Å². The minimum atomic E-state index is -1.32. The van der Waals surface area contributed by atoms with Crippen LogP contribution in [0.25, 0.3) is 0 Å². The molecule has 4 heteroatoms. The fraction of sp³-hybridized carbons (Fsp3) is 0.222. The maximum Gasteiger partial charge on any atom is 0.194 e. The van der Waals surface area contributed by atoms with Crippen LogP contribution in [0.15, 0.2) is 18.2 Å². The number of hydrogen-bond donors (Lipinski definition) is 1. The number of ketones is 1. The van der Waals surface area contributed by atoms with Crippen LogP contribution in [0.3, 0.4) is 0 Å². The molecule has 0 unspecified atom stereocenters. The van der Waals surface area contributed by atoms with Crippen LogP contribution < -0.4 is 0 Å². The number of carbonyl (C=O) groups excluding carboxylic acids is 1. The van der Waals surface area contributed by atoms with Crippen LogP contribution in [-0.2, 0) is 0 Å². The molecule has 0 aliphatic heterocycles. The van der Waals surface area contributed by atoms with Gasteiger partial charge in [0.1, 0.15) is 17.7 Å². The Hall–Kier alpha value is -1.29. The maximum atomic E-state index is 12.9. The summed E-state index contributed by atoms with van der Waals surface area (Å²) in [6, 6.07) is 2.53. The van der Waals surface area contributed by atoms with Crippen molar-refractivity contribution in [3.05, 3.63) is 35.4 Å². The van der Waals surface area contributed by atoms with Crippen LogP contribution >= 0.6 is 0 Å². The SMILES string of the molecule is C[C@@H](O)C(=O)c1cc(F)ccc1F. The van der Waals surface area contributed by atoms with E-state index in [1.165, 1.54) is 6.92 Å². The van der Waals surface area contributed by atoms with Crippen molar-refractivity contribution in [2.75, 3.05) is 0 Å². The van der Waals surface area contributed by atoms with E-state index >= 15 is 0 Å². The van der Waals surface area contributed by atoms with E-state index in [9.17, 15) is 13.6 Å². The molecule has 1 aromatic carbocycles. The Labute approximate surface area is 73.8 Å². The molecule has 1 aromatic rings. The normalized spacial score (nSPS) is 12.6. The Morgan fingerprint density at radius 3 is 2.62 bits per heavy atom. The number of carbonyl (C=O) groups is 1. The average molecular weight is 186 g/mol. The summed E-state index contributed by atoms with van der Waals surface area (Å²) >= 11 is 0. The molecule has 0 bridgehead atoms. The predicted molar refractivity (Wildman–Crippen MR) is 42.4 cm³/mol. The zero-order valence-electron chi connectivity index (χ0n) is 6.92. The molecule has 70 valence electrons. The van der Waals surface area contributed by atoms with Gasteiger partial charge in [-0.05, 0) is 25.1 Å². The third-order valence-corrected chi connectivity index (χ3v) is 1.57. The maximum absolute atomic E-state index is 12.9. The molecular weight excluding hydrogens is 178 g/mol. The van der Waals surface area contributed by atoms with E-state index in [0.717, 1.165) is 18.2 Å². The lowest BCUT2D eigenvalue weighted by atomic mass is 10.1. The summed E-state index contributed by atoms with van der Waals surface area (Å²) in [4.78, 5) is 11.1. The third-order valence-electron chi connectivity index (χ3n) is 1.57. The van der Waals surface area contributed by atoms with Crippen LogP contribution in [0.4, 0.5) is 8.78 Å². The van der Waals surface area contributed by atoms with Gasteiger partial charge < -0.3 is 5.11 Å². The molecule has 0 radical (unpaired) electrons. The molecule has 0 heterocycles. The molecule has 0 saturated heterocycles. The number of rotatable bonds is 2. The van der Waals surface area contributed by atoms with Crippen molar-refractivity contribution >= 4 is 5.78 Å². The standard InChI is InChI=1S/C9H8F2O2/c1-5(12)9(13)7-4-6(10)2-3-8(7)11/h2-5,12H,1H3/t5-/m1/s1. The van der Waals surface area contributed by atoms with Crippen LogP contribution in [0.1, 0.15) is 17.3 Å². The van der Waals surface area contributed by atoms with E-state index in [4.69, 9.17) is 5.11 Å². The van der Waals surface area contributed by atoms with Crippen molar-refractivity contribution in [1.82, 2.24) is 0 Å². The zero-order chi connectivity index (χ0) is 10.0. The highest BCUT2D eigenvalue weighted by molar-refractivity contribution is 5.99. The molecule has 0 aromatic heterocycles. The quantitative estimate of drug-likeness (QED) is 0.711. The highest BCUT2D eigenvalue weighted by Crippen LogP contribution is 2.11. The average Bonchev–Trinajstić information content (AvgIpc) is 2.08. The first-order chi connectivity index (χ1) is 6.02. The molecule has 0 aliphatic rings. The predicted octanol–water partition coefficient (Wildman–Crippen LogP) is 1.53. The Morgan fingerprint density at radius 1 is 1.46 bits per heavy atom. The second-order valence-electron chi connectivity index (χ2n) is 2.66. The number of hydrogen-bond acceptors (Lipinski definition) is 2. The van der Waals surface area contributed by atoms with Crippen molar-refractivity contribution in [3.63, 3.8) is 0 Å². The van der Waals surface area contributed by atoms with Gasteiger partial charge in [0.2, 0.25) is 0 Å². The van der Waals surface area contributed by atoms with Crippen LogP contribution in [0.5, 0.6) is 0 Å². The van der Waals surface area contributed by atoms with Crippen molar-refractivity contribution < 1.29 is 18.7 Å². The van der Waals surface area contributed by atoms with Crippen molar-refractivity contribution in [1.29, 1.82) is 0 Å². The Morgan fingerprint density at radius 2 is 2.08 bits per heavy atom. The molecule has 2 nitrogen and oxygen atoms in total. The van der Waals surface area contributed by atoms with Gasteiger partial charge in [-0.2, -0.15) is 0 Å². The molecule has 0 spiro atoms. The number of aliphatic hydroxyl groups excluding tert-OH is 1. The molecular formula is C9H8F2O2. The van der Waals surface area contributed by atoms with Gasteiger partial charge in [0.25, 0.3) is 0 Å². The highest BCUT2D eigenvalue weighted by Gasteiger charge is 2.16. The Kier molecular flexibility index (Phi) is 2.72. The van der Waals surface area contributed by atoms with Crippen LogP contribution in [0.2, 0.25) is 0 Å². The monoisotopic (exact) mass is 186 g/mol. The van der Waals surface area contributed by atoms with Crippen molar-refractivity contribution in [2.24, 2.45) is 0 Å². The summed E-state index contributed by atoms with van der Waals surface area (Å²) in [6.45, 7) is 1.20. The van der Waals surface area contributed by atoms with E-state index in [2.05, 4.69) is 0 Å². The first-order valence-corrected chi connectivity index (χ1v) is 3.69. The van der Waals surface area contributed by atoms with Gasteiger partial charge in [-0.15, -0.1) is 0 Å². The molecule has 1 rings (SSSR count). The number of aliphatic hydroxyl groups is 1. The molecule has 0 fully saturated rings. The van der Waals surface area contributed by atoms with Gasteiger partial charge in [0.15, 0.2) is 5.78 Å². The second kappa shape index (κ2) is 3.62. The fourth-order valence-corrected chi connectivity index (χ4v) is 0.911. The number of benzene rings is 1. The van der Waals surface area contributed by atoms with Crippen LogP contribution in [0, 0.1) is 11.6 Å². The smallest absolute Gasteiger partial charge is 0.194 e. The van der Waals surface area contributed by atoms with E-state index in [0.29, 0.717) is 0 Å². The largest absolute Gasteiger partial charge is 0.385 e. The Bertz CT molecular complexity index is 334. The first kappa shape index (κ1) is 9.80. The molecule has 0 saturated carbocycles. The van der Waals surface area contributed by atoms with Gasteiger partial charge in [-0.3, -0.25) is 4.79 Å². The summed E-state index contributed by atoms with van der Waals surface area (Å²) in [7, 11) is 0. The Balaban J connectivity index is 3.13. The van der Waals surface area contributed by atoms with Crippen molar-refractivity contribution in [2.45, 2.75) is 13.0 Å². The number of halogens is 2. The fourth-order valence-electron chi connectivity index (χ4n) is 0.911. The lowest BCUT2D eigenvalue weighted by Gasteiger charge is -2.04. The van der Waals surface area contributed by atoms with E-state index in [1.807, 2.05) is 0 Å². The summed E-state index contributed by atoms with van der Waals surface area (Å²) in [6.07, 6.45) is -1.32. The van der Waals surface area contributed by atoms with E-state index < -0.39 is 29.1 Å². The van der Waals surface area contributed by atoms with E-state index in [-0.39, 0.29) is 0 Å². The van der Waals surface area contributed by atoms with E-state index in [1.54, 1.807) is 0 Å². The summed E-state index contributed by atoms with van der Waals surface area (Å²) < 4.78 is 25.5. The van der Waals surface area contributed by atoms with Gasteiger partial charge in [-0.25, -0.2) is 8.78 Å². The lowest BCUT2D eigenvalue weighted by molar-refractivity contribution is 0.0774. The second-order valence-corrected chi connectivity index (χ2v) is 2.66. The third kappa shape index (κ3) is 2.09. The van der Waals surface area contributed by atoms with Gasteiger partial charge in [-0.1, -0.05) is 0 Å². The van der Waals surface area contributed by atoms with Crippen molar-refractivity contribution in [3.8, 4) is 0 Å². The zero-order valence-corrected chi connectivity index (χ0v) is 6.92. The summed E-state index contributed by atoms with van der Waals surface area (Å²) in [5.41, 5.74) is -0.421. The molecule has 0 aliphatic carbocycles. The van der Waals surface area contributed by atoms with Gasteiger partial charge in [0, 0.05) is 0 Å². The minimum Gasteiger partial charge on any atom is -0.385 e. The molecule has 0 amide bonds. The van der Waals surface area contributed by atoms with Gasteiger partial charge >= 0.3 is 0 Å². The molecule has 1 N–H and O–H groups in total. The number of Topliss-reactive ketones (excluding diaryl/α,β-unsaturated/α-hetero) is 1. The first-order valence-electron chi connectivity index (χ1n) is 3.69.